The number of benzene rings is 1. The topological polar surface area (TPSA) is 126 Å². The zero-order chi connectivity index (χ0) is 30.3. The second kappa shape index (κ2) is 11.4. The molecule has 226 valence electrons. The van der Waals surface area contributed by atoms with Gasteiger partial charge in [-0.05, 0) is 49.9 Å². The Morgan fingerprint density at radius 2 is 2.12 bits per heavy atom. The van der Waals surface area contributed by atoms with Crippen LogP contribution in [0.2, 0.25) is 0 Å². The average Bonchev–Trinajstić information content (AvgIpc) is 3.70. The van der Waals surface area contributed by atoms with Gasteiger partial charge < -0.3 is 29.2 Å². The number of likely N-dealkylation sites (tertiary alicyclic amines) is 1. The van der Waals surface area contributed by atoms with Crippen LogP contribution in [-0.4, -0.2) is 80.5 Å². The molecule has 1 fully saturated rings. The number of carbonyl (C=O) groups excluding carboxylic acids is 1. The number of amides is 1. The number of fused-ring (bicyclic) bond motifs is 2. The number of methoxy groups -OCH3 is 1. The highest BCUT2D eigenvalue weighted by Crippen LogP contribution is 2.44. The van der Waals surface area contributed by atoms with Crippen LogP contribution >= 0.6 is 11.8 Å². The number of aromatic nitrogens is 5. The first-order chi connectivity index (χ1) is 20.6. The van der Waals surface area contributed by atoms with Gasteiger partial charge in [-0.1, -0.05) is 5.16 Å². The summed E-state index contributed by atoms with van der Waals surface area (Å²) in [5, 5.41) is 16.9. The largest absolute Gasteiger partial charge is 0.497 e. The summed E-state index contributed by atoms with van der Waals surface area (Å²) in [5.74, 6) is -0.101. The minimum Gasteiger partial charge on any atom is -0.497 e. The molecule has 1 aliphatic heterocycles. The number of pyridine rings is 1. The Morgan fingerprint density at radius 1 is 1.28 bits per heavy atom. The third kappa shape index (κ3) is 5.97. The van der Waals surface area contributed by atoms with Crippen molar-refractivity contribution in [2.75, 3.05) is 32.6 Å². The number of thioether (sulfide) groups is 1. The number of anilines is 1. The summed E-state index contributed by atoms with van der Waals surface area (Å²) in [6.07, 6.45) is 0.885. The van der Waals surface area contributed by atoms with Gasteiger partial charge in [0, 0.05) is 36.4 Å². The number of piperidine rings is 1. The lowest BCUT2D eigenvalue weighted by atomic mass is 10.0. The third-order valence-corrected chi connectivity index (χ3v) is 8.00. The predicted molar refractivity (Wildman–Crippen MR) is 151 cm³/mol. The average molecular weight is 619 g/mol. The van der Waals surface area contributed by atoms with Crippen molar-refractivity contribution in [1.29, 1.82) is 0 Å². The number of ether oxygens (including phenoxy) is 1. The standard InChI is InChI=1S/C27H26F4N8O3S/c1-38-9-7-19(17(28)13-38)33-20-4-3-8-39-21(20)11-16(26(39)43-27(29,30)31)24-34-22(42-37-24)12-32-25(40)23-15-10-14(41-2)5-6-18(15)35-36-23/h3-6,8,10-11,17,19,33H,7,9,12-13H2,1-2H3,(H,32,40)(H,35,36)/t17-,19+/m0/s1. The maximum atomic E-state index is 14.8. The highest BCUT2D eigenvalue weighted by molar-refractivity contribution is 8.00. The first-order valence-corrected chi connectivity index (χ1v) is 14.0. The molecule has 1 aromatic carbocycles. The van der Waals surface area contributed by atoms with Gasteiger partial charge in [-0.15, -0.1) is 0 Å². The molecule has 2 atom stereocenters. The van der Waals surface area contributed by atoms with E-state index in [-0.39, 0.29) is 52.8 Å². The second-order valence-electron chi connectivity index (χ2n) is 10.1. The van der Waals surface area contributed by atoms with E-state index in [9.17, 15) is 22.4 Å². The summed E-state index contributed by atoms with van der Waals surface area (Å²) in [6.45, 7) is 0.754. The third-order valence-electron chi connectivity index (χ3n) is 7.16. The maximum absolute atomic E-state index is 14.8. The van der Waals surface area contributed by atoms with Crippen LogP contribution in [0.4, 0.5) is 23.2 Å². The molecule has 0 aliphatic carbocycles. The van der Waals surface area contributed by atoms with Crippen LogP contribution in [-0.2, 0) is 6.54 Å². The van der Waals surface area contributed by atoms with Gasteiger partial charge >= 0.3 is 5.51 Å². The van der Waals surface area contributed by atoms with Crippen molar-refractivity contribution in [3.8, 4) is 17.1 Å². The van der Waals surface area contributed by atoms with Crippen molar-refractivity contribution in [2.24, 2.45) is 0 Å². The van der Waals surface area contributed by atoms with E-state index in [1.807, 2.05) is 11.9 Å². The molecule has 16 heteroatoms. The molecular weight excluding hydrogens is 592 g/mol. The Morgan fingerprint density at radius 3 is 2.88 bits per heavy atom. The predicted octanol–water partition coefficient (Wildman–Crippen LogP) is 4.87. The second-order valence-corrected chi connectivity index (χ2v) is 11.1. The number of nitrogens with zero attached hydrogens (tertiary/aromatic N) is 5. The smallest absolute Gasteiger partial charge is 0.447 e. The summed E-state index contributed by atoms with van der Waals surface area (Å²) in [6, 6.07) is 9.42. The normalized spacial score (nSPS) is 17.9. The molecule has 0 radical (unpaired) electrons. The lowest BCUT2D eigenvalue weighted by Crippen LogP contribution is -2.46. The molecule has 43 heavy (non-hydrogen) atoms. The van der Waals surface area contributed by atoms with Crippen LogP contribution in [0, 0.1) is 0 Å². The number of rotatable bonds is 8. The molecule has 6 rings (SSSR count). The number of carbonyl (C=O) groups is 1. The Hall–Kier alpha value is -4.31. The quantitative estimate of drug-likeness (QED) is 0.165. The molecule has 0 unspecified atom stereocenters. The first kappa shape index (κ1) is 28.8. The summed E-state index contributed by atoms with van der Waals surface area (Å²) in [5.41, 5.74) is -2.90. The molecule has 1 aliphatic rings. The van der Waals surface area contributed by atoms with E-state index in [1.54, 1.807) is 30.3 Å². The molecule has 0 spiro atoms. The molecular formula is C27H26F4N8O3S. The summed E-state index contributed by atoms with van der Waals surface area (Å²) >= 11 is -0.315. The Labute approximate surface area is 245 Å². The monoisotopic (exact) mass is 618 g/mol. The van der Waals surface area contributed by atoms with Crippen LogP contribution in [0.1, 0.15) is 22.8 Å². The number of aromatic amines is 1. The number of hydrogen-bond acceptors (Lipinski definition) is 9. The van der Waals surface area contributed by atoms with E-state index in [0.29, 0.717) is 40.8 Å². The summed E-state index contributed by atoms with van der Waals surface area (Å²) in [7, 11) is 3.35. The van der Waals surface area contributed by atoms with Gasteiger partial charge in [0.25, 0.3) is 5.91 Å². The minimum atomic E-state index is -4.61. The lowest BCUT2D eigenvalue weighted by molar-refractivity contribution is -0.0329. The van der Waals surface area contributed by atoms with Gasteiger partial charge in [-0.25, -0.2) is 4.39 Å². The molecule has 1 amide bonds. The lowest BCUT2D eigenvalue weighted by Gasteiger charge is -2.33. The van der Waals surface area contributed by atoms with Gasteiger partial charge in [-0.2, -0.15) is 23.3 Å². The molecule has 5 aromatic rings. The van der Waals surface area contributed by atoms with Crippen LogP contribution in [0.25, 0.3) is 27.8 Å². The van der Waals surface area contributed by atoms with Crippen LogP contribution in [0.3, 0.4) is 0 Å². The summed E-state index contributed by atoms with van der Waals surface area (Å²) < 4.78 is 67.6. The molecule has 0 bridgehead atoms. The van der Waals surface area contributed by atoms with Crippen LogP contribution in [0.5, 0.6) is 5.75 Å². The molecule has 1 saturated heterocycles. The molecule has 4 aromatic heterocycles. The fraction of sp³-hybridized carbons (Fsp3) is 0.333. The minimum absolute atomic E-state index is 0.0241. The van der Waals surface area contributed by atoms with Gasteiger partial charge in [-0.3, -0.25) is 9.89 Å². The van der Waals surface area contributed by atoms with Gasteiger partial charge in [0.1, 0.15) is 11.9 Å². The Kier molecular flexibility index (Phi) is 7.64. The van der Waals surface area contributed by atoms with Crippen molar-refractivity contribution >= 4 is 39.8 Å². The van der Waals surface area contributed by atoms with Crippen molar-refractivity contribution in [1.82, 2.24) is 35.0 Å². The molecule has 11 nitrogen and oxygen atoms in total. The zero-order valence-electron chi connectivity index (χ0n) is 22.9. The molecule has 0 saturated carbocycles. The number of nitrogens with one attached hydrogen (secondary N) is 3. The number of alkyl halides is 4. The van der Waals surface area contributed by atoms with Crippen molar-refractivity contribution in [3.05, 3.63) is 54.2 Å². The van der Waals surface area contributed by atoms with E-state index in [4.69, 9.17) is 9.26 Å². The maximum Gasteiger partial charge on any atom is 0.447 e. The van der Waals surface area contributed by atoms with E-state index in [0.717, 1.165) is 0 Å². The van der Waals surface area contributed by atoms with Crippen LogP contribution < -0.4 is 15.4 Å². The number of H-pyrrole nitrogens is 1. The fourth-order valence-corrected chi connectivity index (χ4v) is 5.79. The molecule has 3 N–H and O–H groups in total. The highest BCUT2D eigenvalue weighted by Gasteiger charge is 2.34. The van der Waals surface area contributed by atoms with Crippen LogP contribution in [0.15, 0.2) is 52.1 Å². The van der Waals surface area contributed by atoms with Crippen molar-refractivity contribution < 1.29 is 31.6 Å². The van der Waals surface area contributed by atoms with Crippen molar-refractivity contribution in [3.63, 3.8) is 0 Å². The fourth-order valence-electron chi connectivity index (χ4n) is 5.06. The van der Waals surface area contributed by atoms with E-state index < -0.39 is 23.6 Å². The number of hydrogen-bond donors (Lipinski definition) is 3. The van der Waals surface area contributed by atoms with Gasteiger partial charge in [0.2, 0.25) is 11.7 Å². The molecule has 5 heterocycles. The van der Waals surface area contributed by atoms with Crippen molar-refractivity contribution in [2.45, 2.75) is 35.7 Å². The SMILES string of the molecule is COc1ccc2[nH]nc(C(=O)NCc3nc(-c4cc5c(N[C@@H]6CCN(C)C[C@@H]6F)cccn5c4SC(F)(F)F)no3)c2c1. The van der Waals surface area contributed by atoms with E-state index >= 15 is 0 Å². The Bertz CT molecular complexity index is 1790. The summed E-state index contributed by atoms with van der Waals surface area (Å²) in [4.78, 5) is 19.0. The highest BCUT2D eigenvalue weighted by atomic mass is 32.2. The van der Waals surface area contributed by atoms with Gasteiger partial charge in [0.05, 0.1) is 47.0 Å². The zero-order valence-corrected chi connectivity index (χ0v) is 23.7. The van der Waals surface area contributed by atoms with Gasteiger partial charge in [0.15, 0.2) is 5.69 Å². The van der Waals surface area contributed by atoms with E-state index in [1.165, 1.54) is 23.8 Å². The van der Waals surface area contributed by atoms with E-state index in [2.05, 4.69) is 31.0 Å². The number of halogens is 4. The first-order valence-electron chi connectivity index (χ1n) is 13.2. The Balaban J connectivity index is 1.26.